The van der Waals surface area contributed by atoms with Crippen molar-refractivity contribution >= 4 is 17.7 Å². The molecule has 0 saturated carbocycles. The van der Waals surface area contributed by atoms with Crippen molar-refractivity contribution in [2.45, 2.75) is 63.8 Å². The quantitative estimate of drug-likeness (QED) is 0.450. The van der Waals surface area contributed by atoms with Gasteiger partial charge < -0.3 is 23.8 Å². The molecule has 0 radical (unpaired) electrons. The Labute approximate surface area is 209 Å². The van der Waals surface area contributed by atoms with Gasteiger partial charge >= 0.3 is 0 Å². The fraction of sp³-hybridized carbons (Fsp3) is 0.444. The molecule has 0 aliphatic carbocycles. The van der Waals surface area contributed by atoms with Crippen molar-refractivity contribution in [1.82, 2.24) is 9.80 Å². The third kappa shape index (κ3) is 3.49. The summed E-state index contributed by atoms with van der Waals surface area (Å²) in [5, 5.41) is 0. The van der Waals surface area contributed by atoms with Gasteiger partial charge in [0.2, 0.25) is 5.91 Å². The summed E-state index contributed by atoms with van der Waals surface area (Å²) < 4.78 is 23.3. The van der Waals surface area contributed by atoms with E-state index in [1.807, 2.05) is 33.8 Å². The zero-order valence-corrected chi connectivity index (χ0v) is 21.2. The molecule has 2 aromatic carbocycles. The molecule has 3 aliphatic heterocycles. The van der Waals surface area contributed by atoms with E-state index in [2.05, 4.69) is 0 Å². The van der Waals surface area contributed by atoms with Gasteiger partial charge in [0.15, 0.2) is 5.79 Å². The Kier molecular flexibility index (Phi) is 5.61. The number of rotatable bonds is 6. The minimum atomic E-state index is -1.02. The van der Waals surface area contributed by atoms with Crippen molar-refractivity contribution in [3.63, 3.8) is 0 Å². The Morgan fingerprint density at radius 1 is 0.944 bits per heavy atom. The van der Waals surface area contributed by atoms with E-state index in [1.165, 1.54) is 0 Å². The number of carbonyl (C=O) groups is 3. The number of ether oxygens (including phenoxy) is 4. The van der Waals surface area contributed by atoms with Crippen molar-refractivity contribution in [1.29, 1.82) is 0 Å². The Balaban J connectivity index is 1.55. The van der Waals surface area contributed by atoms with Crippen LogP contribution >= 0.6 is 0 Å². The van der Waals surface area contributed by atoms with Crippen LogP contribution in [-0.2, 0) is 20.8 Å². The molecule has 0 spiro atoms. The Morgan fingerprint density at radius 3 is 2.11 bits per heavy atom. The summed E-state index contributed by atoms with van der Waals surface area (Å²) in [6.07, 6.45) is -0.413. The highest BCUT2D eigenvalue weighted by molar-refractivity contribution is 6.23. The van der Waals surface area contributed by atoms with Gasteiger partial charge in [0.1, 0.15) is 23.1 Å². The zero-order chi connectivity index (χ0) is 26.0. The predicted octanol–water partition coefficient (Wildman–Crippen LogP) is 3.01. The Bertz CT molecular complexity index is 1220. The lowest BCUT2D eigenvalue weighted by Gasteiger charge is -2.56. The summed E-state index contributed by atoms with van der Waals surface area (Å²) in [4.78, 5) is 43.1. The maximum atomic E-state index is 13.7. The number of amides is 3. The van der Waals surface area contributed by atoms with Gasteiger partial charge in [-0.05, 0) is 52.0 Å². The molecular weight excluding hydrogens is 464 g/mol. The van der Waals surface area contributed by atoms with Gasteiger partial charge in [0.05, 0.1) is 37.5 Å². The number of hydrogen-bond acceptors (Lipinski definition) is 7. The standard InChI is InChI=1S/C27H30N2O7/c1-15-27(4,36-26(2,3)35-15)22-21(29-23(30)18-9-7-8-10-19(18)24(29)31)25(32)28(22)14-16-11-12-17(33-5)13-20(16)34-6/h7-13,15,21-22H,14H2,1-6H3/t15-,21+,22+,27+/m1/s1. The molecule has 0 bridgehead atoms. The SMILES string of the molecule is COc1ccc(CN2C(=O)[C@@H](N3C(=O)c4ccccc4C3=O)[C@H]2[C@@]2(C)OC(C)(C)O[C@@H]2C)c(OC)c1. The van der Waals surface area contributed by atoms with Crippen LogP contribution in [0.25, 0.3) is 0 Å². The largest absolute Gasteiger partial charge is 0.497 e. The van der Waals surface area contributed by atoms with Crippen LogP contribution in [0.15, 0.2) is 42.5 Å². The first-order valence-electron chi connectivity index (χ1n) is 11.9. The van der Waals surface area contributed by atoms with Gasteiger partial charge in [0.25, 0.3) is 11.8 Å². The highest BCUT2D eigenvalue weighted by Gasteiger charge is 2.67. The average molecular weight is 495 g/mol. The molecule has 3 amide bonds. The smallest absolute Gasteiger partial charge is 0.262 e. The molecular formula is C27H30N2O7. The van der Waals surface area contributed by atoms with Crippen molar-refractivity contribution in [2.24, 2.45) is 0 Å². The first-order chi connectivity index (χ1) is 17.0. The topological polar surface area (TPSA) is 94.6 Å². The van der Waals surface area contributed by atoms with Crippen LogP contribution in [0, 0.1) is 0 Å². The summed E-state index contributed by atoms with van der Waals surface area (Å²) >= 11 is 0. The summed E-state index contributed by atoms with van der Waals surface area (Å²) in [5.74, 6) is -1.00. The van der Waals surface area contributed by atoms with Gasteiger partial charge in [-0.25, -0.2) is 0 Å². The second kappa shape index (κ2) is 8.31. The number of nitrogens with zero attached hydrogens (tertiary/aromatic N) is 2. The van der Waals surface area contributed by atoms with Gasteiger partial charge in [-0.15, -0.1) is 0 Å². The Morgan fingerprint density at radius 2 is 1.58 bits per heavy atom. The van der Waals surface area contributed by atoms with E-state index < -0.39 is 41.4 Å². The van der Waals surface area contributed by atoms with Gasteiger partial charge in [-0.3, -0.25) is 19.3 Å². The third-order valence-electron chi connectivity index (χ3n) is 7.43. The van der Waals surface area contributed by atoms with E-state index in [0.29, 0.717) is 22.6 Å². The van der Waals surface area contributed by atoms with E-state index in [4.69, 9.17) is 18.9 Å². The first-order valence-corrected chi connectivity index (χ1v) is 11.9. The number of β-lactam (4-membered cyclic amide) rings is 1. The van der Waals surface area contributed by atoms with Crippen LogP contribution in [0.3, 0.4) is 0 Å². The number of methoxy groups -OCH3 is 2. The summed E-state index contributed by atoms with van der Waals surface area (Å²) in [6.45, 7) is 7.56. The minimum absolute atomic E-state index is 0.197. The molecule has 3 heterocycles. The second-order valence-electron chi connectivity index (χ2n) is 10.0. The molecule has 5 rings (SSSR count). The highest BCUT2D eigenvalue weighted by atomic mass is 16.8. The second-order valence-corrected chi connectivity index (χ2v) is 10.0. The van der Waals surface area contributed by atoms with Crippen LogP contribution in [0.1, 0.15) is 54.0 Å². The summed E-state index contributed by atoms with van der Waals surface area (Å²) in [7, 11) is 3.12. The molecule has 4 atom stereocenters. The molecule has 0 aromatic heterocycles. The van der Waals surface area contributed by atoms with Crippen molar-refractivity contribution in [3.8, 4) is 11.5 Å². The van der Waals surface area contributed by atoms with Crippen molar-refractivity contribution < 1.29 is 33.3 Å². The number of hydrogen-bond donors (Lipinski definition) is 0. The summed E-state index contributed by atoms with van der Waals surface area (Å²) in [5.41, 5.74) is 0.363. The predicted molar refractivity (Wildman–Crippen MR) is 129 cm³/mol. The number of benzene rings is 2. The van der Waals surface area contributed by atoms with Gasteiger partial charge in [0, 0.05) is 18.2 Å². The highest BCUT2D eigenvalue weighted by Crippen LogP contribution is 2.47. The molecule has 0 unspecified atom stereocenters. The van der Waals surface area contributed by atoms with Gasteiger partial charge in [-0.2, -0.15) is 0 Å². The van der Waals surface area contributed by atoms with Crippen LogP contribution < -0.4 is 9.47 Å². The average Bonchev–Trinajstić information content (AvgIpc) is 3.22. The van der Waals surface area contributed by atoms with Gasteiger partial charge in [-0.1, -0.05) is 12.1 Å². The number of fused-ring (bicyclic) bond motifs is 1. The lowest BCUT2D eigenvalue weighted by Crippen LogP contribution is -2.78. The fourth-order valence-electron chi connectivity index (χ4n) is 5.69. The molecule has 190 valence electrons. The molecule has 0 N–H and O–H groups in total. The van der Waals surface area contributed by atoms with Crippen LogP contribution in [-0.4, -0.2) is 71.3 Å². The molecule has 9 heteroatoms. The van der Waals surface area contributed by atoms with Crippen LogP contribution in [0.2, 0.25) is 0 Å². The zero-order valence-electron chi connectivity index (χ0n) is 21.2. The lowest BCUT2D eigenvalue weighted by molar-refractivity contribution is -0.200. The van der Waals surface area contributed by atoms with Crippen molar-refractivity contribution in [2.75, 3.05) is 14.2 Å². The summed E-state index contributed by atoms with van der Waals surface area (Å²) in [6, 6.07) is 10.3. The van der Waals surface area contributed by atoms with E-state index >= 15 is 0 Å². The van der Waals surface area contributed by atoms with E-state index in [1.54, 1.807) is 55.5 Å². The van der Waals surface area contributed by atoms with E-state index in [9.17, 15) is 14.4 Å². The van der Waals surface area contributed by atoms with Crippen LogP contribution in [0.4, 0.5) is 0 Å². The maximum absolute atomic E-state index is 13.7. The molecule has 9 nitrogen and oxygen atoms in total. The monoisotopic (exact) mass is 494 g/mol. The lowest BCUT2D eigenvalue weighted by atomic mass is 9.77. The first kappa shape index (κ1) is 24.3. The molecule has 2 saturated heterocycles. The molecule has 2 aromatic rings. The number of imide groups is 1. The van der Waals surface area contributed by atoms with E-state index in [0.717, 1.165) is 10.5 Å². The molecule has 3 aliphatic rings. The Hall–Kier alpha value is -3.43. The normalized spacial score (nSPS) is 28.8. The third-order valence-corrected chi connectivity index (χ3v) is 7.43. The number of likely N-dealkylation sites (tertiary alicyclic amines) is 1. The van der Waals surface area contributed by atoms with Crippen molar-refractivity contribution in [3.05, 3.63) is 59.2 Å². The minimum Gasteiger partial charge on any atom is -0.497 e. The number of carbonyl (C=O) groups excluding carboxylic acids is 3. The molecule has 36 heavy (non-hydrogen) atoms. The molecule has 2 fully saturated rings. The van der Waals surface area contributed by atoms with E-state index in [-0.39, 0.29) is 12.5 Å². The maximum Gasteiger partial charge on any atom is 0.262 e. The fourth-order valence-corrected chi connectivity index (χ4v) is 5.69. The van der Waals surface area contributed by atoms with Crippen LogP contribution in [0.5, 0.6) is 11.5 Å².